The fourth-order valence-electron chi connectivity index (χ4n) is 8.43. The summed E-state index contributed by atoms with van der Waals surface area (Å²) in [5.74, 6) is -7.01. The summed E-state index contributed by atoms with van der Waals surface area (Å²) in [5, 5.41) is 57.7. The highest BCUT2D eigenvalue weighted by molar-refractivity contribution is 5.81. The molecule has 1 aromatic carbocycles. The van der Waals surface area contributed by atoms with E-state index in [0.717, 1.165) is 11.6 Å². The zero-order valence-corrected chi connectivity index (χ0v) is 39.8. The second-order valence-electron chi connectivity index (χ2n) is 17.7. The van der Waals surface area contributed by atoms with Gasteiger partial charge in [-0.3, -0.25) is 9.59 Å². The molecular weight excluding hydrogens is 867 g/mol. The van der Waals surface area contributed by atoms with Crippen LogP contribution in [0.4, 0.5) is 0 Å². The lowest BCUT2D eigenvalue weighted by atomic mass is 9.71. The lowest BCUT2D eigenvalue weighted by molar-refractivity contribution is -0.367. The second kappa shape index (κ2) is 26.2. The highest BCUT2D eigenvalue weighted by Crippen LogP contribution is 2.46. The Balaban J connectivity index is 1.56. The van der Waals surface area contributed by atoms with Gasteiger partial charge in [0.15, 0.2) is 12.4 Å². The number of carboxylic acid groups (broad SMARTS) is 1. The molecule has 4 rings (SSSR count). The van der Waals surface area contributed by atoms with Crippen LogP contribution >= 0.6 is 0 Å². The van der Waals surface area contributed by atoms with E-state index in [9.17, 15) is 34.8 Å². The van der Waals surface area contributed by atoms with Gasteiger partial charge in [0.25, 0.3) is 0 Å². The molecule has 370 valence electrons. The molecule has 1 amide bonds. The van der Waals surface area contributed by atoms with Crippen LogP contribution in [0.15, 0.2) is 115 Å². The van der Waals surface area contributed by atoms with Crippen molar-refractivity contribution in [3.05, 3.63) is 120 Å². The highest BCUT2D eigenvalue weighted by atomic mass is 16.7. The molecule has 3 heterocycles. The molecule has 67 heavy (non-hydrogen) atoms. The molecule has 16 nitrogen and oxygen atoms in total. The van der Waals surface area contributed by atoms with E-state index in [4.69, 9.17) is 38.3 Å². The fourth-order valence-corrected chi connectivity index (χ4v) is 8.43. The Bertz CT molecular complexity index is 1960. The molecule has 0 saturated carbocycles. The van der Waals surface area contributed by atoms with Gasteiger partial charge in [-0.25, -0.2) is 4.79 Å². The van der Waals surface area contributed by atoms with Crippen molar-refractivity contribution in [1.82, 2.24) is 5.32 Å². The predicted octanol–water partition coefficient (Wildman–Crippen LogP) is 4.43. The van der Waals surface area contributed by atoms with Crippen LogP contribution < -0.4 is 5.32 Å². The average molecular weight is 938 g/mol. The van der Waals surface area contributed by atoms with Gasteiger partial charge in [0.1, 0.15) is 24.2 Å². The molecule has 3 saturated heterocycles. The Kier molecular flexibility index (Phi) is 21.5. The Morgan fingerprint density at radius 3 is 2.33 bits per heavy atom. The molecule has 14 atom stereocenters. The van der Waals surface area contributed by atoms with Crippen LogP contribution in [-0.2, 0) is 54.0 Å². The zero-order chi connectivity index (χ0) is 49.3. The smallest absolute Gasteiger partial charge is 0.328 e. The third-order valence-corrected chi connectivity index (χ3v) is 12.5. The maximum Gasteiger partial charge on any atom is 0.328 e. The van der Waals surface area contributed by atoms with Crippen molar-refractivity contribution >= 4 is 17.8 Å². The molecule has 0 aromatic heterocycles. The van der Waals surface area contributed by atoms with E-state index >= 15 is 0 Å². The first kappa shape index (κ1) is 55.0. The normalized spacial score (nSPS) is 31.9. The van der Waals surface area contributed by atoms with Gasteiger partial charge < -0.3 is 64.0 Å². The van der Waals surface area contributed by atoms with Crippen LogP contribution in [0.2, 0.25) is 0 Å². The number of ether oxygens (including phenoxy) is 7. The lowest BCUT2D eigenvalue weighted by Gasteiger charge is -2.54. The summed E-state index contributed by atoms with van der Waals surface area (Å²) in [6.45, 7) is 10.2. The number of carboxylic acids is 1. The summed E-state index contributed by atoms with van der Waals surface area (Å²) >= 11 is 0. The molecule has 1 aromatic rings. The molecule has 3 aliphatic heterocycles. The first-order valence-electron chi connectivity index (χ1n) is 22.7. The third-order valence-electron chi connectivity index (χ3n) is 12.5. The van der Waals surface area contributed by atoms with Gasteiger partial charge in [-0.05, 0) is 31.9 Å². The topological polar surface area (TPSA) is 229 Å². The minimum Gasteiger partial charge on any atom is -0.478 e. The van der Waals surface area contributed by atoms with E-state index in [0.29, 0.717) is 12.0 Å². The predicted molar refractivity (Wildman–Crippen MR) is 249 cm³/mol. The summed E-state index contributed by atoms with van der Waals surface area (Å²) in [5.41, 5.74) is 0.338. The first-order valence-corrected chi connectivity index (χ1v) is 22.7. The monoisotopic (exact) mass is 937 g/mol. The van der Waals surface area contributed by atoms with Gasteiger partial charge in [-0.15, -0.1) is 0 Å². The second-order valence-corrected chi connectivity index (χ2v) is 17.7. The fraction of sp³-hybridized carbons (Fsp3) is 0.549. The number of esters is 1. The van der Waals surface area contributed by atoms with E-state index in [2.05, 4.69) is 5.32 Å². The lowest BCUT2D eigenvalue weighted by Crippen LogP contribution is -2.71. The summed E-state index contributed by atoms with van der Waals surface area (Å²) in [6, 6.07) is 8.83. The van der Waals surface area contributed by atoms with Crippen molar-refractivity contribution in [3.8, 4) is 0 Å². The van der Waals surface area contributed by atoms with Crippen molar-refractivity contribution in [2.75, 3.05) is 27.4 Å². The summed E-state index contributed by atoms with van der Waals surface area (Å²) in [7, 11) is 3.04. The molecule has 3 fully saturated rings. The van der Waals surface area contributed by atoms with Gasteiger partial charge in [-0.1, -0.05) is 124 Å². The number of methoxy groups -OCH3 is 2. The van der Waals surface area contributed by atoms with Gasteiger partial charge in [0.2, 0.25) is 11.7 Å². The van der Waals surface area contributed by atoms with Crippen molar-refractivity contribution in [2.24, 2.45) is 17.3 Å². The van der Waals surface area contributed by atoms with Crippen LogP contribution in [0, 0.1) is 17.3 Å². The summed E-state index contributed by atoms with van der Waals surface area (Å²) in [4.78, 5) is 38.7. The summed E-state index contributed by atoms with van der Waals surface area (Å²) in [6.07, 6.45) is 11.9. The number of amides is 1. The first-order chi connectivity index (χ1) is 31.9. The molecule has 0 bridgehead atoms. The number of hydrogen-bond donors (Lipinski definition) is 6. The SMILES string of the molecule is CC=CC=C[C@@H]1O[C@](O)([C@H](CO[C@H]2C[C@@H](OC)[C@@H](O)[C@@H](C)O2)C(=O)NCC=CC=C(C)[C@H](OC)[C@@H](C)[C@@H]2C[C@@H](O)[C@@H](C=CC=CC=CC(=O)O)O2)[C@@H](OC(=O)Cc2ccccc2)[C@H](O)C1(C)C. The molecule has 0 aliphatic carbocycles. The number of nitrogens with one attached hydrogen (secondary N) is 1. The number of carbonyl (C=O) groups is 3. The van der Waals surface area contributed by atoms with Gasteiger partial charge in [0.05, 0.1) is 49.7 Å². The highest BCUT2D eigenvalue weighted by Gasteiger charge is 2.63. The minimum atomic E-state index is -2.65. The largest absolute Gasteiger partial charge is 0.478 e. The van der Waals surface area contributed by atoms with Gasteiger partial charge in [0, 0.05) is 51.0 Å². The number of carbonyl (C=O) groups excluding carboxylic acids is 2. The Hall–Kier alpha value is -4.59. The molecule has 16 heteroatoms. The molecule has 0 spiro atoms. The third kappa shape index (κ3) is 15.2. The van der Waals surface area contributed by atoms with E-state index < -0.39 is 103 Å². The van der Waals surface area contributed by atoms with Crippen molar-refractivity contribution in [3.63, 3.8) is 0 Å². The maximum atomic E-state index is 14.5. The van der Waals surface area contributed by atoms with Gasteiger partial charge >= 0.3 is 11.9 Å². The Morgan fingerprint density at radius 2 is 1.66 bits per heavy atom. The molecule has 0 radical (unpaired) electrons. The number of aliphatic hydroxyl groups is 4. The maximum absolute atomic E-state index is 14.5. The standard InChI is InChI=1S/C51H71NO15/c1-9-10-14-25-41-50(5,6)47(58)48(66-43(56)28-35-22-15-13-16-23-35)51(60,67-41)36(31-63-44-30-40(61-7)45(57)34(4)64-44)49(59)52-27-20-19-21-32(2)46(62-8)33(3)39-29-37(53)38(65-39)24-17-11-12-18-26-42(54)55/h9-26,33-34,36-41,44-48,53,57-58,60H,27-31H2,1-8H3,(H,52,59)(H,54,55)/t33-,34+,36+,37+,38+,39-,40+,41-,44+,45-,46-,47-,48-,51+/m0/s1. The number of benzene rings is 1. The number of aliphatic carboxylic acids is 1. The van der Waals surface area contributed by atoms with Crippen molar-refractivity contribution in [1.29, 1.82) is 0 Å². The quantitative estimate of drug-likeness (QED) is 0.0537. The number of allylic oxidation sites excluding steroid dienone is 9. The van der Waals surface area contributed by atoms with E-state index in [1.807, 2.05) is 26.8 Å². The van der Waals surface area contributed by atoms with Crippen molar-refractivity contribution in [2.45, 2.75) is 134 Å². The number of aliphatic hydroxyl groups excluding tert-OH is 3. The van der Waals surface area contributed by atoms with Crippen LogP contribution in [-0.4, -0.2) is 144 Å². The molecular formula is C51H71NO15. The van der Waals surface area contributed by atoms with E-state index in [1.165, 1.54) is 13.2 Å². The molecule has 3 aliphatic rings. The van der Waals surface area contributed by atoms with Crippen LogP contribution in [0.25, 0.3) is 0 Å². The van der Waals surface area contributed by atoms with E-state index in [1.54, 1.807) is 119 Å². The minimum absolute atomic E-state index is 0.0269. The number of rotatable bonds is 22. The average Bonchev–Trinajstić information content (AvgIpc) is 3.66. The van der Waals surface area contributed by atoms with Crippen LogP contribution in [0.1, 0.15) is 59.9 Å². The van der Waals surface area contributed by atoms with E-state index in [-0.39, 0.29) is 31.4 Å². The van der Waals surface area contributed by atoms with Crippen molar-refractivity contribution < 1.29 is 73.1 Å². The Labute approximate surface area is 394 Å². The summed E-state index contributed by atoms with van der Waals surface area (Å²) < 4.78 is 42.0. The van der Waals surface area contributed by atoms with Crippen LogP contribution in [0.5, 0.6) is 0 Å². The number of hydrogen-bond acceptors (Lipinski definition) is 14. The van der Waals surface area contributed by atoms with Gasteiger partial charge in [-0.2, -0.15) is 0 Å². The van der Waals surface area contributed by atoms with Crippen LogP contribution in [0.3, 0.4) is 0 Å². The zero-order valence-electron chi connectivity index (χ0n) is 39.8. The Morgan fingerprint density at radius 1 is 0.955 bits per heavy atom. The molecule has 6 N–H and O–H groups in total. The molecule has 0 unspecified atom stereocenters.